The number of nitrogens with one attached hydrogen (secondary N) is 2. The lowest BCUT2D eigenvalue weighted by Crippen LogP contribution is -2.11. The van der Waals surface area contributed by atoms with Gasteiger partial charge in [0.2, 0.25) is 0 Å². The third kappa shape index (κ3) is 6.25. The minimum atomic E-state index is -0.156. The predicted octanol–water partition coefficient (Wildman–Crippen LogP) is 13.7. The molecule has 6 heteroatoms. The summed E-state index contributed by atoms with van der Waals surface area (Å²) in [5.74, 6) is 0. The number of aryl methyl sites for hydroxylation is 1. The second kappa shape index (κ2) is 13.5. The molecule has 57 heavy (non-hydrogen) atoms. The molecule has 6 nitrogen and oxygen atoms in total. The largest absolute Gasteiger partial charge is 0.457 e. The predicted molar refractivity (Wildman–Crippen MR) is 238 cm³/mol. The zero-order valence-corrected chi connectivity index (χ0v) is 32.3. The Balaban J connectivity index is 1.51. The van der Waals surface area contributed by atoms with Crippen LogP contribution in [0.15, 0.2) is 168 Å². The SMILES string of the molecule is Cc1cc2cc(n1)[nH]c1ccccc1[nH]c1c(-c3ccccc3)cccc1c1ccccc1c1cc(C(C)(C)C)cc(n1)n1c3ccccc3c3ccc(cc31)o2. The summed E-state index contributed by atoms with van der Waals surface area (Å²) in [5, 5.41) is 5.48. The maximum atomic E-state index is 6.67. The van der Waals surface area contributed by atoms with Gasteiger partial charge in [-0.2, -0.15) is 0 Å². The number of aromatic amines is 2. The highest BCUT2D eigenvalue weighted by Crippen LogP contribution is 2.35. The molecule has 0 spiro atoms. The van der Waals surface area contributed by atoms with E-state index in [1.54, 1.807) is 0 Å². The zero-order valence-electron chi connectivity index (χ0n) is 32.3. The molecular formula is C51H41N5O. The first-order chi connectivity index (χ1) is 27.8. The van der Waals surface area contributed by atoms with Crippen LogP contribution in [-0.4, -0.2) is 24.3 Å². The standard InChI is InChI=1S/C51H41N5O/c1-32-27-36-31-48(52-32)53-43-22-11-12-23-44(43)55-50-37(33-15-6-5-7-16-33)20-14-21-42(50)38-17-8-9-18-39(38)45-28-34(51(2,3)4)29-49(54-45)56-46-24-13-10-19-40(46)41-26-25-35(57-36)30-47(41)56/h5-31,55H,1-4H3,(H,52,53). The fraction of sp³-hybridized carbons (Fsp3) is 0.0980. The van der Waals surface area contributed by atoms with E-state index in [-0.39, 0.29) is 5.41 Å². The molecule has 0 aliphatic carbocycles. The van der Waals surface area contributed by atoms with E-state index in [1.165, 1.54) is 5.56 Å². The third-order valence-electron chi connectivity index (χ3n) is 10.8. The van der Waals surface area contributed by atoms with Gasteiger partial charge in [0, 0.05) is 51.0 Å². The molecule has 0 aliphatic rings. The minimum Gasteiger partial charge on any atom is -0.457 e. The first kappa shape index (κ1) is 34.3. The number of benzene rings is 6. The second-order valence-corrected chi connectivity index (χ2v) is 15.7. The van der Waals surface area contributed by atoms with Crippen molar-refractivity contribution in [2.24, 2.45) is 0 Å². The molecular weight excluding hydrogens is 699 g/mol. The molecule has 0 radical (unpaired) electrons. The second-order valence-electron chi connectivity index (χ2n) is 15.7. The van der Waals surface area contributed by atoms with Crippen molar-refractivity contribution in [2.45, 2.75) is 33.1 Å². The smallest absolute Gasteiger partial charge is 0.138 e. The van der Waals surface area contributed by atoms with Crippen molar-refractivity contribution in [3.63, 3.8) is 0 Å². The van der Waals surface area contributed by atoms with E-state index in [2.05, 4.69) is 175 Å². The van der Waals surface area contributed by atoms with Crippen molar-refractivity contribution < 1.29 is 4.42 Å². The lowest BCUT2D eigenvalue weighted by molar-refractivity contribution is 0.591. The van der Waals surface area contributed by atoms with Crippen LogP contribution in [0.3, 0.4) is 0 Å². The number of pyridine rings is 2. The Morgan fingerprint density at radius 2 is 1.21 bits per heavy atom. The van der Waals surface area contributed by atoms with Crippen LogP contribution in [0.4, 0.5) is 0 Å². The molecule has 0 aliphatic heterocycles. The van der Waals surface area contributed by atoms with Crippen LogP contribution in [0.25, 0.3) is 93.6 Å². The number of hydrogen-bond acceptors (Lipinski definition) is 3. The summed E-state index contributed by atoms with van der Waals surface area (Å²) in [6.07, 6.45) is 0. The maximum absolute atomic E-state index is 6.67. The number of rotatable bonds is 1. The van der Waals surface area contributed by atoms with Gasteiger partial charge in [0.1, 0.15) is 22.5 Å². The Kier molecular flexibility index (Phi) is 8.15. The molecule has 2 N–H and O–H groups in total. The zero-order chi connectivity index (χ0) is 38.7. The van der Waals surface area contributed by atoms with E-state index in [0.717, 1.165) is 88.1 Å². The molecule has 10 aromatic rings. The van der Waals surface area contributed by atoms with Crippen LogP contribution in [0.1, 0.15) is 32.0 Å². The quantitative estimate of drug-likeness (QED) is 0.176. The summed E-state index contributed by atoms with van der Waals surface area (Å²) in [7, 11) is 0. The van der Waals surface area contributed by atoms with Gasteiger partial charge in [-0.15, -0.1) is 0 Å². The summed E-state index contributed by atoms with van der Waals surface area (Å²) in [6, 6.07) is 57.4. The normalized spacial score (nSPS) is 11.9. The van der Waals surface area contributed by atoms with E-state index >= 15 is 0 Å². The van der Waals surface area contributed by atoms with E-state index in [1.807, 2.05) is 31.2 Å². The monoisotopic (exact) mass is 739 g/mol. The molecule has 6 aromatic carbocycles. The first-order valence-electron chi connectivity index (χ1n) is 19.4. The highest BCUT2D eigenvalue weighted by Gasteiger charge is 2.17. The fourth-order valence-electron chi connectivity index (χ4n) is 8.04. The molecule has 0 atom stereocenters. The van der Waals surface area contributed by atoms with Gasteiger partial charge in [0.05, 0.1) is 33.1 Å². The molecule has 0 unspecified atom stereocenters. The van der Waals surface area contributed by atoms with E-state index in [4.69, 9.17) is 14.4 Å². The number of hydrogen-bond donors (Lipinski definition) is 2. The van der Waals surface area contributed by atoms with Crippen molar-refractivity contribution in [3.05, 3.63) is 175 Å². The molecule has 0 amide bonds. The summed E-state index contributed by atoms with van der Waals surface area (Å²) in [6.45, 7) is 8.79. The van der Waals surface area contributed by atoms with Gasteiger partial charge in [0.25, 0.3) is 0 Å². The van der Waals surface area contributed by atoms with Gasteiger partial charge in [-0.25, -0.2) is 9.97 Å². The van der Waals surface area contributed by atoms with Crippen molar-refractivity contribution in [3.8, 4) is 11.1 Å². The topological polar surface area (TPSA) is 74.9 Å². The van der Waals surface area contributed by atoms with Crippen LogP contribution in [0.2, 0.25) is 0 Å². The first-order valence-corrected chi connectivity index (χ1v) is 19.4. The highest BCUT2D eigenvalue weighted by molar-refractivity contribution is 6.13. The van der Waals surface area contributed by atoms with Crippen LogP contribution in [0.5, 0.6) is 0 Å². The van der Waals surface area contributed by atoms with Crippen LogP contribution in [0, 0.1) is 6.92 Å². The number of para-hydroxylation sites is 4. The summed E-state index contributed by atoms with van der Waals surface area (Å²) in [4.78, 5) is 18.0. The van der Waals surface area contributed by atoms with Gasteiger partial charge in [-0.1, -0.05) is 124 Å². The van der Waals surface area contributed by atoms with Crippen LogP contribution >= 0.6 is 0 Å². The van der Waals surface area contributed by atoms with Gasteiger partial charge in [-0.05, 0) is 71.3 Å². The number of H-pyrrole nitrogens is 2. The van der Waals surface area contributed by atoms with Crippen molar-refractivity contribution in [1.29, 1.82) is 0 Å². The molecule has 4 aromatic heterocycles. The molecule has 4 heterocycles. The van der Waals surface area contributed by atoms with Crippen molar-refractivity contribution >= 4 is 82.5 Å². The minimum absolute atomic E-state index is 0.156. The van der Waals surface area contributed by atoms with Gasteiger partial charge in [-0.3, -0.25) is 4.40 Å². The maximum Gasteiger partial charge on any atom is 0.138 e. The molecule has 0 fully saturated rings. The van der Waals surface area contributed by atoms with Crippen molar-refractivity contribution in [1.82, 2.24) is 24.3 Å². The van der Waals surface area contributed by atoms with Gasteiger partial charge in [0.15, 0.2) is 0 Å². The van der Waals surface area contributed by atoms with E-state index in [0.29, 0.717) is 11.2 Å². The van der Waals surface area contributed by atoms with Gasteiger partial charge >= 0.3 is 0 Å². The van der Waals surface area contributed by atoms with Crippen LogP contribution < -0.4 is 0 Å². The van der Waals surface area contributed by atoms with E-state index < -0.39 is 0 Å². The molecule has 0 saturated heterocycles. The fourth-order valence-corrected chi connectivity index (χ4v) is 8.04. The van der Waals surface area contributed by atoms with Crippen molar-refractivity contribution in [2.75, 3.05) is 0 Å². The van der Waals surface area contributed by atoms with E-state index in [9.17, 15) is 0 Å². The molecule has 0 saturated carbocycles. The lowest BCUT2D eigenvalue weighted by Gasteiger charge is -2.19. The Morgan fingerprint density at radius 3 is 2.02 bits per heavy atom. The number of fused-ring (bicyclic) bond motifs is 14. The summed E-state index contributed by atoms with van der Waals surface area (Å²) < 4.78 is 8.96. The number of nitrogens with zero attached hydrogens (tertiary/aromatic N) is 3. The average Bonchev–Trinajstić information content (AvgIpc) is 3.54. The third-order valence-corrected chi connectivity index (χ3v) is 10.8. The molecule has 6 bridgehead atoms. The Labute approximate surface area is 329 Å². The number of aromatic nitrogens is 5. The lowest BCUT2D eigenvalue weighted by atomic mass is 9.87. The summed E-state index contributed by atoms with van der Waals surface area (Å²) in [5.41, 5.74) is 12.8. The van der Waals surface area contributed by atoms with Gasteiger partial charge < -0.3 is 14.4 Å². The average molecular weight is 740 g/mol. The van der Waals surface area contributed by atoms with Crippen LogP contribution in [-0.2, 0) is 5.41 Å². The summed E-state index contributed by atoms with van der Waals surface area (Å²) >= 11 is 0. The molecule has 10 rings (SSSR count). The Hall–Kier alpha value is -7.18. The molecule has 276 valence electrons. The Bertz CT molecular complexity index is 3410. The Morgan fingerprint density at radius 1 is 0.526 bits per heavy atom. The highest BCUT2D eigenvalue weighted by atomic mass is 16.3.